The van der Waals surface area contributed by atoms with Crippen molar-refractivity contribution in [3.05, 3.63) is 28.9 Å². The third kappa shape index (κ3) is 3.01. The van der Waals surface area contributed by atoms with Crippen molar-refractivity contribution < 1.29 is 23.9 Å². The number of oxazole rings is 1. The first-order chi connectivity index (χ1) is 13.3. The zero-order valence-corrected chi connectivity index (χ0v) is 15.2. The van der Waals surface area contributed by atoms with Crippen molar-refractivity contribution in [3.8, 4) is 0 Å². The summed E-state index contributed by atoms with van der Waals surface area (Å²) in [5.74, 6) is -2.13. The third-order valence-electron chi connectivity index (χ3n) is 4.75. The van der Waals surface area contributed by atoms with E-state index < -0.39 is 29.9 Å². The van der Waals surface area contributed by atoms with Crippen LogP contribution in [0.15, 0.2) is 33.3 Å². The van der Waals surface area contributed by atoms with Gasteiger partial charge in [0.05, 0.1) is 12.6 Å². The smallest absolute Gasteiger partial charge is 0.353 e. The molecule has 5 N–H and O–H groups in total. The lowest BCUT2D eigenvalue weighted by Gasteiger charge is -2.49. The van der Waals surface area contributed by atoms with Gasteiger partial charge in [-0.15, -0.1) is 0 Å². The van der Waals surface area contributed by atoms with E-state index in [1.165, 1.54) is 0 Å². The molecule has 3 heterocycles. The number of nitrogens with two attached hydrogens (primary N) is 1. The monoisotopic (exact) mass is 405 g/mol. The van der Waals surface area contributed by atoms with Gasteiger partial charge in [0.2, 0.25) is 5.91 Å². The number of β-lactam (4-membered cyclic amide) rings is 1. The van der Waals surface area contributed by atoms with Crippen molar-refractivity contribution in [2.45, 2.75) is 24.9 Å². The Morgan fingerprint density at radius 3 is 2.96 bits per heavy atom. The second kappa shape index (κ2) is 6.71. The number of aromatic nitrogens is 1. The van der Waals surface area contributed by atoms with Crippen LogP contribution in [0, 0.1) is 0 Å². The highest BCUT2D eigenvalue weighted by molar-refractivity contribution is 6.32. The number of allylic oxidation sites excluding steroid dienone is 1. The van der Waals surface area contributed by atoms with Gasteiger partial charge in [-0.1, -0.05) is 11.6 Å². The van der Waals surface area contributed by atoms with Gasteiger partial charge in [0.25, 0.3) is 11.9 Å². The van der Waals surface area contributed by atoms with Gasteiger partial charge in [-0.3, -0.25) is 14.5 Å². The fourth-order valence-electron chi connectivity index (χ4n) is 3.48. The van der Waals surface area contributed by atoms with Crippen LogP contribution in [0.4, 0.5) is 11.7 Å². The Balaban J connectivity index is 1.37. The van der Waals surface area contributed by atoms with E-state index in [1.807, 2.05) is 0 Å². The van der Waals surface area contributed by atoms with Crippen molar-refractivity contribution in [2.24, 2.45) is 0 Å². The lowest BCUT2D eigenvalue weighted by atomic mass is 9.86. The second-order valence-corrected chi connectivity index (χ2v) is 6.96. The molecular weight excluding hydrogens is 390 g/mol. The summed E-state index contributed by atoms with van der Waals surface area (Å²) in [5, 5.41) is 15.0. The topological polar surface area (TPSA) is 151 Å². The molecule has 0 bridgehead atoms. The van der Waals surface area contributed by atoms with Crippen LogP contribution in [-0.2, 0) is 14.4 Å². The van der Waals surface area contributed by atoms with E-state index in [2.05, 4.69) is 15.6 Å². The predicted molar refractivity (Wildman–Crippen MR) is 99.2 cm³/mol. The third-order valence-corrected chi connectivity index (χ3v) is 5.12. The van der Waals surface area contributed by atoms with Crippen molar-refractivity contribution >= 4 is 52.2 Å². The Morgan fingerprint density at radius 1 is 1.43 bits per heavy atom. The van der Waals surface area contributed by atoms with Crippen molar-refractivity contribution in [3.63, 3.8) is 0 Å². The lowest BCUT2D eigenvalue weighted by molar-refractivity contribution is -0.155. The van der Waals surface area contributed by atoms with Crippen molar-refractivity contribution in [1.82, 2.24) is 15.2 Å². The molecule has 10 nitrogen and oxygen atoms in total. The molecule has 1 aromatic heterocycles. The SMILES string of the molecule is Nc1nc2ccc(NCC(=O)N[C@@H]3C(=O)N4C(C(=O)O)=C(Cl)CC[C@H]34)cc2o1. The number of nitrogen functional groups attached to an aromatic ring is 1. The number of nitrogens with one attached hydrogen (secondary N) is 2. The van der Waals surface area contributed by atoms with Crippen molar-refractivity contribution in [1.29, 1.82) is 0 Å². The first kappa shape index (κ1) is 18.1. The van der Waals surface area contributed by atoms with E-state index in [-0.39, 0.29) is 23.3 Å². The van der Waals surface area contributed by atoms with Crippen LogP contribution < -0.4 is 16.4 Å². The fourth-order valence-corrected chi connectivity index (χ4v) is 3.76. The number of benzene rings is 1. The maximum absolute atomic E-state index is 12.3. The quantitative estimate of drug-likeness (QED) is 0.534. The molecule has 1 aromatic carbocycles. The molecule has 2 aliphatic heterocycles. The molecule has 1 fully saturated rings. The molecule has 2 amide bonds. The van der Waals surface area contributed by atoms with E-state index in [9.17, 15) is 19.5 Å². The molecule has 2 aliphatic rings. The molecule has 0 radical (unpaired) electrons. The minimum absolute atomic E-state index is 0.0558. The number of hydrogen-bond acceptors (Lipinski definition) is 7. The average molecular weight is 406 g/mol. The van der Waals surface area contributed by atoms with E-state index in [0.717, 1.165) is 4.90 Å². The first-order valence-corrected chi connectivity index (χ1v) is 8.87. The van der Waals surface area contributed by atoms with Crippen LogP contribution in [0.2, 0.25) is 0 Å². The van der Waals surface area contributed by atoms with Gasteiger partial charge in [-0.05, 0) is 25.0 Å². The second-order valence-electron chi connectivity index (χ2n) is 6.51. The van der Waals surface area contributed by atoms with Crippen LogP contribution in [0.5, 0.6) is 0 Å². The predicted octanol–water partition coefficient (Wildman–Crippen LogP) is 0.846. The van der Waals surface area contributed by atoms with Gasteiger partial charge < -0.3 is 25.9 Å². The molecule has 0 aliphatic carbocycles. The number of aliphatic carboxylic acids is 1. The summed E-state index contributed by atoms with van der Waals surface area (Å²) in [5.41, 5.74) is 7.01. The first-order valence-electron chi connectivity index (χ1n) is 8.49. The maximum atomic E-state index is 12.3. The standard InChI is InChI=1S/C17H16ClN5O5/c18-8-2-4-10-13(15(25)23(10)14(8)16(26)27)22-12(24)6-20-7-1-3-9-11(5-7)28-17(19)21-9/h1,3,5,10,13,20H,2,4,6H2,(H2,19,21)(H,22,24)(H,26,27)/t10-,13+/m1/s1. The van der Waals surface area contributed by atoms with E-state index in [1.54, 1.807) is 18.2 Å². The number of carboxylic acids is 1. The van der Waals surface area contributed by atoms with Gasteiger partial charge >= 0.3 is 5.97 Å². The van der Waals surface area contributed by atoms with Crippen LogP contribution in [0.1, 0.15) is 12.8 Å². The van der Waals surface area contributed by atoms with Gasteiger partial charge in [0.15, 0.2) is 5.58 Å². The van der Waals surface area contributed by atoms with E-state index >= 15 is 0 Å². The van der Waals surface area contributed by atoms with Crippen LogP contribution in [0.25, 0.3) is 11.1 Å². The average Bonchev–Trinajstić information content (AvgIpc) is 3.03. The van der Waals surface area contributed by atoms with Gasteiger partial charge in [0.1, 0.15) is 17.3 Å². The summed E-state index contributed by atoms with van der Waals surface area (Å²) >= 11 is 5.94. The van der Waals surface area contributed by atoms with E-state index in [0.29, 0.717) is 29.6 Å². The van der Waals surface area contributed by atoms with Gasteiger partial charge in [0, 0.05) is 16.8 Å². The molecule has 4 rings (SSSR count). The highest BCUT2D eigenvalue weighted by atomic mass is 35.5. The number of halogens is 1. The lowest BCUT2D eigenvalue weighted by Crippen LogP contribution is -2.71. The number of anilines is 2. The molecule has 11 heteroatoms. The Morgan fingerprint density at radius 2 is 2.21 bits per heavy atom. The molecule has 1 saturated heterocycles. The molecule has 2 aromatic rings. The number of carbonyl (C=O) groups is 3. The summed E-state index contributed by atoms with van der Waals surface area (Å²) in [6.45, 7) is -0.0754. The van der Waals surface area contributed by atoms with Crippen LogP contribution in [0.3, 0.4) is 0 Å². The largest absolute Gasteiger partial charge is 0.477 e. The number of hydrogen-bond donors (Lipinski definition) is 4. The fraction of sp³-hybridized carbons (Fsp3) is 0.294. The number of rotatable bonds is 5. The molecule has 2 atom stereocenters. The molecule has 28 heavy (non-hydrogen) atoms. The zero-order chi connectivity index (χ0) is 20.0. The Kier molecular flexibility index (Phi) is 4.34. The molecular formula is C17H16ClN5O5. The van der Waals surface area contributed by atoms with Crippen LogP contribution in [-0.4, -0.2) is 51.4 Å². The van der Waals surface area contributed by atoms with E-state index in [4.69, 9.17) is 21.8 Å². The molecule has 146 valence electrons. The number of carbonyl (C=O) groups excluding carboxylic acids is 2. The summed E-state index contributed by atoms with van der Waals surface area (Å²) in [6, 6.07) is 3.98. The minimum atomic E-state index is -1.25. The summed E-state index contributed by atoms with van der Waals surface area (Å²) in [7, 11) is 0. The zero-order valence-electron chi connectivity index (χ0n) is 14.4. The number of amides is 2. The highest BCUT2D eigenvalue weighted by Gasteiger charge is 2.53. The summed E-state index contributed by atoms with van der Waals surface area (Å²) in [6.07, 6.45) is 0.839. The van der Waals surface area contributed by atoms with Gasteiger partial charge in [-0.25, -0.2) is 4.79 Å². The number of nitrogens with zero attached hydrogens (tertiary/aromatic N) is 2. The Labute approximate surface area is 163 Å². The number of carboxylic acid groups (broad SMARTS) is 1. The summed E-state index contributed by atoms with van der Waals surface area (Å²) < 4.78 is 5.23. The highest BCUT2D eigenvalue weighted by Crippen LogP contribution is 2.37. The normalized spacial score (nSPS) is 21.3. The molecule has 0 spiro atoms. The minimum Gasteiger partial charge on any atom is -0.477 e. The summed E-state index contributed by atoms with van der Waals surface area (Å²) in [4.78, 5) is 41.0. The molecule has 0 unspecified atom stereocenters. The van der Waals surface area contributed by atoms with Crippen molar-refractivity contribution in [2.75, 3.05) is 17.6 Å². The Bertz CT molecular complexity index is 1030. The maximum Gasteiger partial charge on any atom is 0.353 e. The van der Waals surface area contributed by atoms with Crippen LogP contribution >= 0.6 is 11.6 Å². The Hall–Kier alpha value is -3.27. The number of fused-ring (bicyclic) bond motifs is 2. The molecule has 0 saturated carbocycles. The van der Waals surface area contributed by atoms with Gasteiger partial charge in [-0.2, -0.15) is 4.98 Å².